The van der Waals surface area contributed by atoms with E-state index in [0.29, 0.717) is 18.2 Å². The summed E-state index contributed by atoms with van der Waals surface area (Å²) in [4.78, 5) is 4.48. The number of likely N-dealkylation sites (N-methyl/N-ethyl adjacent to an activating group) is 1. The Morgan fingerprint density at radius 1 is 1.56 bits per heavy atom. The number of nitrogens with one attached hydrogen (secondary N) is 1. The molecule has 0 spiro atoms. The van der Waals surface area contributed by atoms with Crippen molar-refractivity contribution >= 4 is 0 Å². The highest BCUT2D eigenvalue weighted by Crippen LogP contribution is 2.23. The van der Waals surface area contributed by atoms with Gasteiger partial charge in [-0.3, -0.25) is 0 Å². The van der Waals surface area contributed by atoms with Gasteiger partial charge in [0.2, 0.25) is 0 Å². The lowest BCUT2D eigenvalue weighted by molar-refractivity contribution is 0.0331. The number of ether oxygens (including phenoxy) is 1. The predicted molar refractivity (Wildman–Crippen MR) is 72.6 cm³/mol. The standard InChI is InChI=1S/C14H25N3O/c1-4-8-17-9-7-16-14(17)10-12(15-3)13-6-5-11(2)18-13/h7,9,11-13,15H,4-6,8,10H2,1-3H3. The highest BCUT2D eigenvalue weighted by Gasteiger charge is 2.29. The second-order valence-electron chi connectivity index (χ2n) is 5.20. The van der Waals surface area contributed by atoms with Crippen molar-refractivity contribution in [1.82, 2.24) is 14.9 Å². The molecule has 1 aromatic rings. The summed E-state index contributed by atoms with van der Waals surface area (Å²) in [7, 11) is 2.02. The van der Waals surface area contributed by atoms with Crippen molar-refractivity contribution in [3.63, 3.8) is 0 Å². The van der Waals surface area contributed by atoms with Gasteiger partial charge in [0, 0.05) is 31.4 Å². The predicted octanol–water partition coefficient (Wildman–Crippen LogP) is 1.99. The molecule has 18 heavy (non-hydrogen) atoms. The Morgan fingerprint density at radius 3 is 3.00 bits per heavy atom. The quantitative estimate of drug-likeness (QED) is 0.840. The summed E-state index contributed by atoms with van der Waals surface area (Å²) < 4.78 is 8.22. The fourth-order valence-electron chi connectivity index (χ4n) is 2.72. The minimum Gasteiger partial charge on any atom is -0.374 e. The monoisotopic (exact) mass is 251 g/mol. The molecule has 3 unspecified atom stereocenters. The van der Waals surface area contributed by atoms with Crippen LogP contribution in [0.2, 0.25) is 0 Å². The van der Waals surface area contributed by atoms with Gasteiger partial charge in [0.15, 0.2) is 0 Å². The van der Waals surface area contributed by atoms with Crippen molar-refractivity contribution in [3.05, 3.63) is 18.2 Å². The lowest BCUT2D eigenvalue weighted by Gasteiger charge is -2.23. The lowest BCUT2D eigenvalue weighted by atomic mass is 10.0. The van der Waals surface area contributed by atoms with Crippen molar-refractivity contribution in [2.75, 3.05) is 7.05 Å². The molecule has 1 aliphatic heterocycles. The molecule has 0 bridgehead atoms. The third-order valence-corrected chi connectivity index (χ3v) is 3.75. The van der Waals surface area contributed by atoms with Gasteiger partial charge in [0.05, 0.1) is 12.2 Å². The average molecular weight is 251 g/mol. The van der Waals surface area contributed by atoms with Crippen molar-refractivity contribution in [1.29, 1.82) is 0 Å². The second kappa shape index (κ2) is 6.34. The summed E-state index contributed by atoms with van der Waals surface area (Å²) in [5.74, 6) is 1.17. The number of rotatable bonds is 6. The number of hydrogen-bond donors (Lipinski definition) is 1. The molecule has 0 aromatic carbocycles. The molecule has 1 N–H and O–H groups in total. The Bertz CT molecular complexity index is 364. The van der Waals surface area contributed by atoms with Crippen LogP contribution in [0.25, 0.3) is 0 Å². The number of aryl methyl sites for hydroxylation is 1. The van der Waals surface area contributed by atoms with Crippen LogP contribution < -0.4 is 5.32 Å². The molecule has 0 amide bonds. The summed E-state index contributed by atoms with van der Waals surface area (Å²) in [6.07, 6.45) is 9.12. The van der Waals surface area contributed by atoms with Crippen LogP contribution in [0.1, 0.15) is 38.9 Å². The molecule has 1 aromatic heterocycles. The van der Waals surface area contributed by atoms with E-state index in [-0.39, 0.29) is 0 Å². The van der Waals surface area contributed by atoms with Gasteiger partial charge >= 0.3 is 0 Å². The summed E-state index contributed by atoms with van der Waals surface area (Å²) in [5, 5.41) is 3.39. The number of nitrogens with zero attached hydrogens (tertiary/aromatic N) is 2. The van der Waals surface area contributed by atoms with E-state index >= 15 is 0 Å². The van der Waals surface area contributed by atoms with Gasteiger partial charge in [-0.15, -0.1) is 0 Å². The first kappa shape index (κ1) is 13.6. The molecule has 4 heteroatoms. The minimum absolute atomic E-state index is 0.330. The third-order valence-electron chi connectivity index (χ3n) is 3.75. The van der Waals surface area contributed by atoms with Crippen LogP contribution in [0, 0.1) is 0 Å². The van der Waals surface area contributed by atoms with Gasteiger partial charge in [-0.05, 0) is 33.2 Å². The van der Waals surface area contributed by atoms with Gasteiger partial charge in [-0.25, -0.2) is 4.98 Å². The first-order chi connectivity index (χ1) is 8.74. The molecule has 1 fully saturated rings. The van der Waals surface area contributed by atoms with E-state index in [2.05, 4.69) is 34.9 Å². The summed E-state index contributed by atoms with van der Waals surface area (Å²) in [6, 6.07) is 0.368. The fourth-order valence-corrected chi connectivity index (χ4v) is 2.72. The third kappa shape index (κ3) is 3.12. The van der Waals surface area contributed by atoms with E-state index in [1.807, 2.05) is 13.2 Å². The van der Waals surface area contributed by atoms with E-state index in [4.69, 9.17) is 4.74 Å². The van der Waals surface area contributed by atoms with Gasteiger partial charge in [0.1, 0.15) is 5.82 Å². The molecule has 2 rings (SSSR count). The van der Waals surface area contributed by atoms with Crippen LogP contribution in [0.4, 0.5) is 0 Å². The van der Waals surface area contributed by atoms with E-state index < -0.39 is 0 Å². The van der Waals surface area contributed by atoms with Crippen LogP contribution in [-0.2, 0) is 17.7 Å². The molecule has 0 saturated carbocycles. The van der Waals surface area contributed by atoms with Crippen LogP contribution in [-0.4, -0.2) is 34.8 Å². The van der Waals surface area contributed by atoms with E-state index in [1.165, 1.54) is 12.2 Å². The first-order valence-electron chi connectivity index (χ1n) is 7.07. The Morgan fingerprint density at radius 2 is 2.39 bits per heavy atom. The topological polar surface area (TPSA) is 39.1 Å². The Labute approximate surface area is 110 Å². The zero-order valence-corrected chi connectivity index (χ0v) is 11.7. The smallest absolute Gasteiger partial charge is 0.110 e. The molecule has 1 aliphatic rings. The maximum atomic E-state index is 5.96. The van der Waals surface area contributed by atoms with Crippen LogP contribution in [0.3, 0.4) is 0 Å². The number of aromatic nitrogens is 2. The molecular formula is C14H25N3O. The van der Waals surface area contributed by atoms with Gasteiger partial charge in [-0.1, -0.05) is 6.92 Å². The molecule has 0 aliphatic carbocycles. The lowest BCUT2D eigenvalue weighted by Crippen LogP contribution is -2.40. The zero-order chi connectivity index (χ0) is 13.0. The van der Waals surface area contributed by atoms with Gasteiger partial charge in [0.25, 0.3) is 0 Å². The Balaban J connectivity index is 1.99. The fraction of sp³-hybridized carbons (Fsp3) is 0.786. The summed E-state index contributed by atoms with van der Waals surface area (Å²) in [5.41, 5.74) is 0. The van der Waals surface area contributed by atoms with E-state index in [1.54, 1.807) is 0 Å². The van der Waals surface area contributed by atoms with Crippen molar-refractivity contribution < 1.29 is 4.74 Å². The van der Waals surface area contributed by atoms with Crippen LogP contribution >= 0.6 is 0 Å². The molecule has 2 heterocycles. The van der Waals surface area contributed by atoms with E-state index in [0.717, 1.165) is 25.8 Å². The van der Waals surface area contributed by atoms with Gasteiger partial charge in [-0.2, -0.15) is 0 Å². The van der Waals surface area contributed by atoms with Gasteiger partial charge < -0.3 is 14.6 Å². The molecule has 0 radical (unpaired) electrons. The summed E-state index contributed by atoms with van der Waals surface area (Å²) >= 11 is 0. The van der Waals surface area contributed by atoms with Crippen molar-refractivity contribution in [2.24, 2.45) is 0 Å². The van der Waals surface area contributed by atoms with E-state index in [9.17, 15) is 0 Å². The highest BCUT2D eigenvalue weighted by molar-refractivity contribution is 4.98. The molecule has 3 atom stereocenters. The average Bonchev–Trinajstić information content (AvgIpc) is 2.96. The first-order valence-corrected chi connectivity index (χ1v) is 7.07. The number of hydrogen-bond acceptors (Lipinski definition) is 3. The summed E-state index contributed by atoms with van der Waals surface area (Å²) in [6.45, 7) is 5.40. The largest absolute Gasteiger partial charge is 0.374 e. The minimum atomic E-state index is 0.330. The second-order valence-corrected chi connectivity index (χ2v) is 5.20. The molecular weight excluding hydrogens is 226 g/mol. The maximum Gasteiger partial charge on any atom is 0.110 e. The maximum absolute atomic E-state index is 5.96. The van der Waals surface area contributed by atoms with Crippen molar-refractivity contribution in [2.45, 2.75) is 64.3 Å². The van der Waals surface area contributed by atoms with Crippen LogP contribution in [0.15, 0.2) is 12.4 Å². The zero-order valence-electron chi connectivity index (χ0n) is 11.7. The molecule has 1 saturated heterocycles. The van der Waals surface area contributed by atoms with Crippen molar-refractivity contribution in [3.8, 4) is 0 Å². The van der Waals surface area contributed by atoms with Crippen LogP contribution in [0.5, 0.6) is 0 Å². The Hall–Kier alpha value is -0.870. The SMILES string of the molecule is CCCn1ccnc1CC(NC)C1CCC(C)O1. The molecule has 4 nitrogen and oxygen atoms in total. The normalized spacial score (nSPS) is 25.5. The Kier molecular flexibility index (Phi) is 4.78. The highest BCUT2D eigenvalue weighted by atomic mass is 16.5. The number of imidazole rings is 1. The molecule has 102 valence electrons.